The van der Waals surface area contributed by atoms with Crippen LogP contribution in [0.3, 0.4) is 0 Å². The first-order chi connectivity index (χ1) is 12.2. The third-order valence-electron chi connectivity index (χ3n) is 3.93. The number of halogens is 1. The van der Waals surface area contributed by atoms with Crippen molar-refractivity contribution in [1.82, 2.24) is 9.97 Å². The number of benzene rings is 2. The van der Waals surface area contributed by atoms with Crippen molar-refractivity contribution in [2.75, 3.05) is 17.2 Å². The van der Waals surface area contributed by atoms with Gasteiger partial charge in [-0.15, -0.1) is 0 Å². The molecular weight excluding hydrogens is 315 g/mol. The lowest BCUT2D eigenvalue weighted by atomic mass is 10.1. The van der Waals surface area contributed by atoms with Crippen LogP contribution in [0.4, 0.5) is 21.7 Å². The summed E-state index contributed by atoms with van der Waals surface area (Å²) in [7, 11) is 0. The Morgan fingerprint density at radius 2 is 1.56 bits per heavy atom. The highest BCUT2D eigenvalue weighted by Gasteiger charge is 2.01. The van der Waals surface area contributed by atoms with Crippen molar-refractivity contribution in [2.45, 2.75) is 19.8 Å². The summed E-state index contributed by atoms with van der Waals surface area (Å²) < 4.78 is 12.9. The second-order valence-corrected chi connectivity index (χ2v) is 5.77. The Morgan fingerprint density at radius 1 is 0.880 bits per heavy atom. The summed E-state index contributed by atoms with van der Waals surface area (Å²) in [6, 6.07) is 16.7. The van der Waals surface area contributed by atoms with Crippen LogP contribution >= 0.6 is 0 Å². The Bertz CT molecular complexity index is 801. The Hall–Kier alpha value is -2.95. The maximum absolute atomic E-state index is 12.9. The summed E-state index contributed by atoms with van der Waals surface area (Å²) in [6.45, 7) is 2.85. The topological polar surface area (TPSA) is 49.8 Å². The minimum absolute atomic E-state index is 0.213. The van der Waals surface area contributed by atoms with Gasteiger partial charge in [0.1, 0.15) is 23.8 Å². The summed E-state index contributed by atoms with van der Waals surface area (Å²) >= 11 is 0. The van der Waals surface area contributed by atoms with E-state index in [0.717, 1.165) is 35.7 Å². The maximum atomic E-state index is 12.9. The van der Waals surface area contributed by atoms with E-state index in [9.17, 15) is 4.39 Å². The molecule has 3 rings (SSSR count). The second kappa shape index (κ2) is 8.24. The number of aromatic nitrogens is 2. The number of hydrogen-bond acceptors (Lipinski definition) is 4. The van der Waals surface area contributed by atoms with Gasteiger partial charge in [-0.05, 0) is 48.2 Å². The van der Waals surface area contributed by atoms with Gasteiger partial charge in [0.25, 0.3) is 0 Å². The molecule has 5 heteroatoms. The van der Waals surface area contributed by atoms with Crippen molar-refractivity contribution in [2.24, 2.45) is 0 Å². The molecule has 25 heavy (non-hydrogen) atoms. The zero-order valence-electron chi connectivity index (χ0n) is 14.2. The molecule has 3 aromatic rings. The van der Waals surface area contributed by atoms with Crippen LogP contribution in [-0.4, -0.2) is 16.5 Å². The summed E-state index contributed by atoms with van der Waals surface area (Å²) in [5.74, 6) is 1.28. The zero-order chi connectivity index (χ0) is 17.5. The molecule has 0 atom stereocenters. The molecular formula is C20H21FN4. The van der Waals surface area contributed by atoms with Gasteiger partial charge in [0.2, 0.25) is 0 Å². The maximum Gasteiger partial charge on any atom is 0.135 e. The average molecular weight is 336 g/mol. The molecule has 0 aliphatic rings. The van der Waals surface area contributed by atoms with E-state index in [1.807, 2.05) is 18.2 Å². The SMILES string of the molecule is CCc1ccc(Nc2cc(NCCc3ccc(F)cc3)ncn2)cc1. The molecule has 128 valence electrons. The number of nitrogens with zero attached hydrogens (tertiary/aromatic N) is 2. The lowest BCUT2D eigenvalue weighted by molar-refractivity contribution is 0.627. The average Bonchev–Trinajstić information content (AvgIpc) is 2.64. The monoisotopic (exact) mass is 336 g/mol. The largest absolute Gasteiger partial charge is 0.370 e. The van der Waals surface area contributed by atoms with Crippen LogP contribution < -0.4 is 10.6 Å². The lowest BCUT2D eigenvalue weighted by Gasteiger charge is -2.09. The minimum atomic E-state index is -0.213. The Morgan fingerprint density at radius 3 is 2.28 bits per heavy atom. The fourth-order valence-electron chi connectivity index (χ4n) is 2.48. The smallest absolute Gasteiger partial charge is 0.135 e. The van der Waals surface area contributed by atoms with E-state index in [-0.39, 0.29) is 5.82 Å². The molecule has 0 spiro atoms. The molecule has 0 fully saturated rings. The first-order valence-electron chi connectivity index (χ1n) is 8.39. The van der Waals surface area contributed by atoms with Gasteiger partial charge in [-0.25, -0.2) is 14.4 Å². The van der Waals surface area contributed by atoms with Crippen molar-refractivity contribution >= 4 is 17.3 Å². The molecule has 1 heterocycles. The van der Waals surface area contributed by atoms with Gasteiger partial charge in [-0.3, -0.25) is 0 Å². The zero-order valence-corrected chi connectivity index (χ0v) is 14.2. The van der Waals surface area contributed by atoms with Gasteiger partial charge in [-0.1, -0.05) is 31.2 Å². The number of hydrogen-bond donors (Lipinski definition) is 2. The lowest BCUT2D eigenvalue weighted by Crippen LogP contribution is -2.07. The Balaban J connectivity index is 1.56. The van der Waals surface area contributed by atoms with Gasteiger partial charge in [-0.2, -0.15) is 0 Å². The molecule has 0 radical (unpaired) electrons. The standard InChI is InChI=1S/C20H21FN4/c1-2-15-5-9-18(10-6-15)25-20-13-19(23-14-24-20)22-12-11-16-3-7-17(21)8-4-16/h3-10,13-14H,2,11-12H2,1H3,(H2,22,23,24,25). The van der Waals surface area contributed by atoms with E-state index in [0.29, 0.717) is 6.54 Å². The predicted octanol–water partition coefficient (Wildman–Crippen LogP) is 4.58. The van der Waals surface area contributed by atoms with E-state index >= 15 is 0 Å². The van der Waals surface area contributed by atoms with Crippen LogP contribution in [0.25, 0.3) is 0 Å². The molecule has 1 aromatic heterocycles. The summed E-state index contributed by atoms with van der Waals surface area (Å²) in [6.07, 6.45) is 3.35. The van der Waals surface area contributed by atoms with Gasteiger partial charge >= 0.3 is 0 Å². The molecule has 0 unspecified atom stereocenters. The third kappa shape index (κ3) is 5.01. The van der Waals surface area contributed by atoms with Gasteiger partial charge in [0.05, 0.1) is 0 Å². The fourth-order valence-corrected chi connectivity index (χ4v) is 2.48. The van der Waals surface area contributed by atoms with Crippen LogP contribution in [0.15, 0.2) is 60.9 Å². The van der Waals surface area contributed by atoms with Crippen LogP contribution in [0.2, 0.25) is 0 Å². The third-order valence-corrected chi connectivity index (χ3v) is 3.93. The van der Waals surface area contributed by atoms with Crippen molar-refractivity contribution in [3.8, 4) is 0 Å². The van der Waals surface area contributed by atoms with Crippen molar-refractivity contribution < 1.29 is 4.39 Å². The van der Waals surface area contributed by atoms with E-state index in [4.69, 9.17) is 0 Å². The summed E-state index contributed by atoms with van der Waals surface area (Å²) in [5.41, 5.74) is 3.38. The van der Waals surface area contributed by atoms with Crippen LogP contribution in [0, 0.1) is 5.82 Å². The molecule has 0 saturated heterocycles. The molecule has 0 aliphatic heterocycles. The molecule has 0 saturated carbocycles. The van der Waals surface area contributed by atoms with Gasteiger partial charge in [0, 0.05) is 18.3 Å². The molecule has 0 aliphatic carbocycles. The Labute approximate surface area is 147 Å². The van der Waals surface area contributed by atoms with Crippen molar-refractivity contribution in [3.05, 3.63) is 77.9 Å². The molecule has 0 bridgehead atoms. The van der Waals surface area contributed by atoms with E-state index < -0.39 is 0 Å². The highest BCUT2D eigenvalue weighted by molar-refractivity contribution is 5.59. The van der Waals surface area contributed by atoms with E-state index in [1.165, 1.54) is 24.0 Å². The number of anilines is 3. The highest BCUT2D eigenvalue weighted by Crippen LogP contribution is 2.17. The number of rotatable bonds is 7. The highest BCUT2D eigenvalue weighted by atomic mass is 19.1. The van der Waals surface area contributed by atoms with Crippen LogP contribution in [-0.2, 0) is 12.8 Å². The number of aryl methyl sites for hydroxylation is 1. The van der Waals surface area contributed by atoms with E-state index in [1.54, 1.807) is 12.1 Å². The van der Waals surface area contributed by atoms with Crippen molar-refractivity contribution in [1.29, 1.82) is 0 Å². The van der Waals surface area contributed by atoms with Gasteiger partial charge in [0.15, 0.2) is 0 Å². The second-order valence-electron chi connectivity index (χ2n) is 5.77. The predicted molar refractivity (Wildman–Crippen MR) is 99.7 cm³/mol. The van der Waals surface area contributed by atoms with E-state index in [2.05, 4.69) is 39.7 Å². The fraction of sp³-hybridized carbons (Fsp3) is 0.200. The first-order valence-corrected chi connectivity index (χ1v) is 8.39. The molecule has 2 N–H and O–H groups in total. The van der Waals surface area contributed by atoms with Crippen LogP contribution in [0.5, 0.6) is 0 Å². The summed E-state index contributed by atoms with van der Waals surface area (Å²) in [5, 5.41) is 6.54. The minimum Gasteiger partial charge on any atom is -0.370 e. The molecule has 4 nitrogen and oxygen atoms in total. The molecule has 0 amide bonds. The van der Waals surface area contributed by atoms with Crippen LogP contribution in [0.1, 0.15) is 18.1 Å². The van der Waals surface area contributed by atoms with Crippen molar-refractivity contribution in [3.63, 3.8) is 0 Å². The number of nitrogens with one attached hydrogen (secondary N) is 2. The molecule has 2 aromatic carbocycles. The normalized spacial score (nSPS) is 10.5. The Kier molecular flexibility index (Phi) is 5.57. The quantitative estimate of drug-likeness (QED) is 0.663. The first kappa shape index (κ1) is 16.9. The summed E-state index contributed by atoms with van der Waals surface area (Å²) in [4.78, 5) is 8.48. The van der Waals surface area contributed by atoms with Gasteiger partial charge < -0.3 is 10.6 Å².